The Morgan fingerprint density at radius 1 is 1.43 bits per heavy atom. The van der Waals surface area contributed by atoms with Gasteiger partial charge in [-0.1, -0.05) is 0 Å². The second-order valence-electron chi connectivity index (χ2n) is 5.94. The topological polar surface area (TPSA) is 62.5 Å². The maximum atomic E-state index is 11.3. The normalized spacial score (nSPS) is 26.5. The average molecular weight is 355 g/mol. The van der Waals surface area contributed by atoms with Gasteiger partial charge < -0.3 is 9.80 Å². The van der Waals surface area contributed by atoms with Gasteiger partial charge in [-0.2, -0.15) is 0 Å². The van der Waals surface area contributed by atoms with E-state index in [9.17, 15) is 10.1 Å². The minimum Gasteiger partial charge on any atom is -0.350 e. The van der Waals surface area contributed by atoms with Crippen LogP contribution in [-0.2, 0) is 0 Å². The number of rotatable bonds is 2. The van der Waals surface area contributed by atoms with E-state index < -0.39 is 0 Å². The summed E-state index contributed by atoms with van der Waals surface area (Å²) >= 11 is 3.26. The Bertz CT molecular complexity index is 554. The monoisotopic (exact) mass is 354 g/mol. The molecule has 114 valence electrons. The van der Waals surface area contributed by atoms with Crippen LogP contribution in [0, 0.1) is 16.0 Å². The number of piperidine rings is 2. The second kappa shape index (κ2) is 5.88. The van der Waals surface area contributed by atoms with E-state index in [2.05, 4.69) is 37.8 Å². The van der Waals surface area contributed by atoms with Gasteiger partial charge in [0.1, 0.15) is 0 Å². The zero-order valence-electron chi connectivity index (χ0n) is 12.0. The molecule has 0 spiro atoms. The molecule has 2 fully saturated rings. The molecule has 7 heteroatoms. The van der Waals surface area contributed by atoms with Crippen molar-refractivity contribution in [3.05, 3.63) is 26.9 Å². The molecule has 0 bridgehead atoms. The van der Waals surface area contributed by atoms with Gasteiger partial charge >= 0.3 is 5.69 Å². The fraction of sp³-hybridized carbons (Fsp3) is 0.643. The molecule has 6 nitrogen and oxygen atoms in total. The minimum absolute atomic E-state index is 0.0898. The number of nitrogens with zero attached hydrogens (tertiary/aromatic N) is 4. The van der Waals surface area contributed by atoms with Gasteiger partial charge in [-0.05, 0) is 54.7 Å². The Balaban J connectivity index is 1.84. The Kier molecular flexibility index (Phi) is 4.12. The molecule has 0 N–H and O–H groups in total. The highest BCUT2D eigenvalue weighted by molar-refractivity contribution is 9.10. The highest BCUT2D eigenvalue weighted by Crippen LogP contribution is 2.35. The predicted octanol–water partition coefficient (Wildman–Crippen LogP) is 2.67. The highest BCUT2D eigenvalue weighted by Gasteiger charge is 2.36. The minimum atomic E-state index is -0.341. The number of pyridine rings is 1. The van der Waals surface area contributed by atoms with Gasteiger partial charge in [0.05, 0.1) is 4.92 Å². The van der Waals surface area contributed by atoms with Crippen LogP contribution in [0.4, 0.5) is 11.5 Å². The first-order valence-electron chi connectivity index (χ1n) is 7.31. The molecule has 3 rings (SSSR count). The largest absolute Gasteiger partial charge is 0.350 e. The van der Waals surface area contributed by atoms with E-state index in [1.54, 1.807) is 12.3 Å². The first kappa shape index (κ1) is 14.7. The van der Waals surface area contributed by atoms with Gasteiger partial charge in [0, 0.05) is 35.9 Å². The number of fused-ring (bicyclic) bond motifs is 1. The summed E-state index contributed by atoms with van der Waals surface area (Å²) in [5, 5.41) is 11.3. The molecule has 0 amide bonds. The van der Waals surface area contributed by atoms with Gasteiger partial charge in [-0.15, -0.1) is 0 Å². The Hall–Kier alpha value is -1.21. The maximum Gasteiger partial charge on any atom is 0.312 e. The van der Waals surface area contributed by atoms with Crippen LogP contribution < -0.4 is 4.90 Å². The van der Waals surface area contributed by atoms with Crippen LogP contribution in [0.1, 0.15) is 19.3 Å². The van der Waals surface area contributed by atoms with Crippen molar-refractivity contribution in [2.24, 2.45) is 5.92 Å². The molecule has 1 aromatic heterocycles. The lowest BCUT2D eigenvalue weighted by Crippen LogP contribution is -2.53. The van der Waals surface area contributed by atoms with Crippen LogP contribution >= 0.6 is 15.9 Å². The van der Waals surface area contributed by atoms with Gasteiger partial charge in [0.2, 0.25) is 5.82 Å². The summed E-state index contributed by atoms with van der Waals surface area (Å²) in [6.45, 7) is 2.86. The number of aromatic nitrogens is 1. The molecule has 21 heavy (non-hydrogen) atoms. The van der Waals surface area contributed by atoms with E-state index >= 15 is 0 Å². The standard InChI is InChI=1S/C14H19BrN4O2/c1-17-5-2-3-10-9-18(6-4-12(10)17)14-13(19(20)21)7-11(15)8-16-14/h7-8,10,12H,2-6,9H2,1H3. The molecule has 2 atom stereocenters. The molecule has 3 heterocycles. The summed E-state index contributed by atoms with van der Waals surface area (Å²) in [5.41, 5.74) is 0.0898. The van der Waals surface area contributed by atoms with Gasteiger partial charge in [-0.3, -0.25) is 10.1 Å². The van der Waals surface area contributed by atoms with Crippen LogP contribution in [0.2, 0.25) is 0 Å². The summed E-state index contributed by atoms with van der Waals surface area (Å²) < 4.78 is 0.644. The third-order valence-corrected chi connectivity index (χ3v) is 5.09. The lowest BCUT2D eigenvalue weighted by Gasteiger charge is -2.46. The van der Waals surface area contributed by atoms with Crippen LogP contribution in [0.15, 0.2) is 16.7 Å². The first-order chi connectivity index (χ1) is 10.1. The molecular formula is C14H19BrN4O2. The Morgan fingerprint density at radius 3 is 3.00 bits per heavy atom. The van der Waals surface area contributed by atoms with Crippen molar-refractivity contribution >= 4 is 27.4 Å². The molecule has 2 unspecified atom stereocenters. The van der Waals surface area contributed by atoms with E-state index in [1.165, 1.54) is 12.8 Å². The Labute approximate surface area is 132 Å². The van der Waals surface area contributed by atoms with Crippen molar-refractivity contribution in [2.75, 3.05) is 31.6 Å². The van der Waals surface area contributed by atoms with Crippen molar-refractivity contribution in [2.45, 2.75) is 25.3 Å². The van der Waals surface area contributed by atoms with E-state index in [1.807, 2.05) is 0 Å². The molecule has 2 aliphatic heterocycles. The molecule has 2 saturated heterocycles. The molecule has 0 radical (unpaired) electrons. The summed E-state index contributed by atoms with van der Waals surface area (Å²) in [6, 6.07) is 2.16. The zero-order valence-corrected chi connectivity index (χ0v) is 13.6. The number of hydrogen-bond acceptors (Lipinski definition) is 5. The molecule has 0 saturated carbocycles. The molecule has 0 aliphatic carbocycles. The van der Waals surface area contributed by atoms with Crippen molar-refractivity contribution in [3.63, 3.8) is 0 Å². The van der Waals surface area contributed by atoms with Crippen LogP contribution in [0.25, 0.3) is 0 Å². The van der Waals surface area contributed by atoms with Crippen LogP contribution in [0.3, 0.4) is 0 Å². The molecular weight excluding hydrogens is 336 g/mol. The highest BCUT2D eigenvalue weighted by atomic mass is 79.9. The smallest absolute Gasteiger partial charge is 0.312 e. The fourth-order valence-corrected chi connectivity index (χ4v) is 3.96. The fourth-order valence-electron chi connectivity index (χ4n) is 3.64. The SMILES string of the molecule is CN1CCCC2CN(c3ncc(Br)cc3[N+](=O)[O-])CCC21. The summed E-state index contributed by atoms with van der Waals surface area (Å²) in [7, 11) is 2.19. The lowest BCUT2D eigenvalue weighted by atomic mass is 9.84. The third kappa shape index (κ3) is 2.89. The maximum absolute atomic E-state index is 11.3. The van der Waals surface area contributed by atoms with Gasteiger partial charge in [0.15, 0.2) is 0 Å². The molecule has 2 aliphatic rings. The molecule has 0 aromatic carbocycles. The van der Waals surface area contributed by atoms with Crippen molar-refractivity contribution < 1.29 is 4.92 Å². The van der Waals surface area contributed by atoms with Crippen molar-refractivity contribution in [1.29, 1.82) is 0 Å². The van der Waals surface area contributed by atoms with Gasteiger partial charge in [-0.25, -0.2) is 4.98 Å². The number of hydrogen-bond donors (Lipinski definition) is 0. The van der Waals surface area contributed by atoms with Crippen molar-refractivity contribution in [3.8, 4) is 0 Å². The van der Waals surface area contributed by atoms with Crippen LogP contribution in [0.5, 0.6) is 0 Å². The summed E-state index contributed by atoms with van der Waals surface area (Å²) in [5.74, 6) is 1.09. The number of likely N-dealkylation sites (tertiary alicyclic amines) is 1. The number of anilines is 1. The second-order valence-corrected chi connectivity index (χ2v) is 6.85. The van der Waals surface area contributed by atoms with Crippen LogP contribution in [-0.4, -0.2) is 47.5 Å². The quantitative estimate of drug-likeness (QED) is 0.603. The summed E-state index contributed by atoms with van der Waals surface area (Å²) in [6.07, 6.45) is 5.11. The number of halogens is 1. The van der Waals surface area contributed by atoms with E-state index in [0.717, 1.165) is 26.1 Å². The van der Waals surface area contributed by atoms with E-state index in [-0.39, 0.29) is 10.6 Å². The van der Waals surface area contributed by atoms with Crippen molar-refractivity contribution in [1.82, 2.24) is 9.88 Å². The van der Waals surface area contributed by atoms with Gasteiger partial charge in [0.25, 0.3) is 0 Å². The lowest BCUT2D eigenvalue weighted by molar-refractivity contribution is -0.384. The zero-order chi connectivity index (χ0) is 15.0. The summed E-state index contributed by atoms with van der Waals surface area (Å²) in [4.78, 5) is 19.8. The van der Waals surface area contributed by atoms with E-state index in [4.69, 9.17) is 0 Å². The Morgan fingerprint density at radius 2 is 2.24 bits per heavy atom. The third-order valence-electron chi connectivity index (χ3n) is 4.66. The predicted molar refractivity (Wildman–Crippen MR) is 84.6 cm³/mol. The first-order valence-corrected chi connectivity index (χ1v) is 8.10. The van der Waals surface area contributed by atoms with E-state index in [0.29, 0.717) is 22.3 Å². The average Bonchev–Trinajstić information content (AvgIpc) is 2.47. The number of nitro groups is 1. The molecule has 1 aromatic rings.